The molecule has 0 bridgehead atoms. The first-order valence-corrected chi connectivity index (χ1v) is 9.21. The van der Waals surface area contributed by atoms with E-state index >= 15 is 0 Å². The van der Waals surface area contributed by atoms with Crippen LogP contribution in [0.2, 0.25) is 0 Å². The number of aliphatic imine (C=N–C) groups is 1. The summed E-state index contributed by atoms with van der Waals surface area (Å²) in [6, 6.07) is 10.5. The van der Waals surface area contributed by atoms with E-state index < -0.39 is 0 Å². The minimum absolute atomic E-state index is 0. The van der Waals surface area contributed by atoms with Crippen LogP contribution in [0.4, 0.5) is 0 Å². The lowest BCUT2D eigenvalue weighted by Crippen LogP contribution is -2.48. The van der Waals surface area contributed by atoms with Crippen LogP contribution >= 0.6 is 24.0 Å². The lowest BCUT2D eigenvalue weighted by molar-refractivity contribution is -0.00829. The first kappa shape index (κ1) is 21.6. The zero-order chi connectivity index (χ0) is 18.4. The van der Waals surface area contributed by atoms with Gasteiger partial charge in [-0.25, -0.2) is 0 Å². The topological polar surface area (TPSA) is 49.8 Å². The molecule has 1 aliphatic rings. The zero-order valence-electron chi connectivity index (χ0n) is 16.3. The van der Waals surface area contributed by atoms with Crippen molar-refractivity contribution in [3.05, 3.63) is 65.0 Å². The molecule has 27 heavy (non-hydrogen) atoms. The number of aromatic nitrogens is 1. The second-order valence-corrected chi connectivity index (χ2v) is 6.69. The van der Waals surface area contributed by atoms with E-state index in [1.54, 1.807) is 0 Å². The Morgan fingerprint density at radius 2 is 2.07 bits per heavy atom. The molecule has 5 nitrogen and oxygen atoms in total. The standard InChI is InChI=1S/C21H28N4O.HI/c1-16-6-4-5-7-19(16)20-15-25(12-13-26-20)21(22-3)24-11-9-18-8-10-23-14-17(18)2;/h4-8,10,14,20H,9,11-13,15H2,1-3H3,(H,22,24);1H. The van der Waals surface area contributed by atoms with E-state index in [1.807, 2.05) is 19.4 Å². The van der Waals surface area contributed by atoms with Crippen molar-refractivity contribution in [2.45, 2.75) is 26.4 Å². The molecule has 1 fully saturated rings. The number of nitrogens with one attached hydrogen (secondary N) is 1. The van der Waals surface area contributed by atoms with Gasteiger partial charge in [0.15, 0.2) is 5.96 Å². The smallest absolute Gasteiger partial charge is 0.193 e. The third-order valence-electron chi connectivity index (χ3n) is 4.93. The summed E-state index contributed by atoms with van der Waals surface area (Å²) in [5, 5.41) is 3.50. The van der Waals surface area contributed by atoms with Crippen molar-refractivity contribution in [2.24, 2.45) is 4.99 Å². The Balaban J connectivity index is 0.00000261. The molecule has 0 saturated carbocycles. The maximum Gasteiger partial charge on any atom is 0.193 e. The van der Waals surface area contributed by atoms with Crippen LogP contribution in [-0.4, -0.2) is 49.1 Å². The number of hydrogen-bond acceptors (Lipinski definition) is 3. The molecule has 1 aromatic heterocycles. The van der Waals surface area contributed by atoms with E-state index in [2.05, 4.69) is 64.4 Å². The zero-order valence-corrected chi connectivity index (χ0v) is 18.6. The molecule has 0 spiro atoms. The molecule has 2 aromatic rings. The SMILES string of the molecule is CN=C(NCCc1ccncc1C)N1CCOC(c2ccccc2C)C1.I. The maximum absolute atomic E-state index is 6.03. The number of nitrogens with zero attached hydrogens (tertiary/aromatic N) is 3. The monoisotopic (exact) mass is 480 g/mol. The molecule has 0 amide bonds. The highest BCUT2D eigenvalue weighted by Crippen LogP contribution is 2.24. The van der Waals surface area contributed by atoms with Crippen LogP contribution in [0.25, 0.3) is 0 Å². The molecule has 6 heteroatoms. The number of ether oxygens (including phenoxy) is 1. The van der Waals surface area contributed by atoms with Crippen molar-refractivity contribution in [2.75, 3.05) is 33.3 Å². The van der Waals surface area contributed by atoms with Gasteiger partial charge in [0.1, 0.15) is 6.10 Å². The molecule has 1 aliphatic heterocycles. The molecule has 1 N–H and O–H groups in total. The Morgan fingerprint density at radius 3 is 2.81 bits per heavy atom. The number of pyridine rings is 1. The molecule has 1 saturated heterocycles. The van der Waals surface area contributed by atoms with Crippen LogP contribution in [0, 0.1) is 13.8 Å². The Labute approximate surface area is 179 Å². The number of halogens is 1. The number of rotatable bonds is 4. The summed E-state index contributed by atoms with van der Waals surface area (Å²) in [5.74, 6) is 0.943. The molecule has 146 valence electrons. The van der Waals surface area contributed by atoms with Crippen molar-refractivity contribution < 1.29 is 4.74 Å². The second-order valence-electron chi connectivity index (χ2n) is 6.69. The average Bonchev–Trinajstić information content (AvgIpc) is 2.67. The van der Waals surface area contributed by atoms with Gasteiger partial charge in [-0.05, 0) is 48.6 Å². The quantitative estimate of drug-likeness (QED) is 0.414. The third-order valence-corrected chi connectivity index (χ3v) is 4.93. The summed E-state index contributed by atoms with van der Waals surface area (Å²) in [6.07, 6.45) is 4.81. The predicted molar refractivity (Wildman–Crippen MR) is 121 cm³/mol. The fraction of sp³-hybridized carbons (Fsp3) is 0.429. The summed E-state index contributed by atoms with van der Waals surface area (Å²) < 4.78 is 6.03. The maximum atomic E-state index is 6.03. The lowest BCUT2D eigenvalue weighted by atomic mass is 10.0. The van der Waals surface area contributed by atoms with Gasteiger partial charge in [-0.1, -0.05) is 24.3 Å². The van der Waals surface area contributed by atoms with Crippen LogP contribution < -0.4 is 5.32 Å². The number of hydrogen-bond donors (Lipinski definition) is 1. The molecule has 3 rings (SSSR count). The Morgan fingerprint density at radius 1 is 1.26 bits per heavy atom. The minimum atomic E-state index is 0. The van der Waals surface area contributed by atoms with E-state index in [0.717, 1.165) is 32.0 Å². The summed E-state index contributed by atoms with van der Waals surface area (Å²) >= 11 is 0. The lowest BCUT2D eigenvalue weighted by Gasteiger charge is -2.35. The Kier molecular flexibility index (Phi) is 8.50. The highest BCUT2D eigenvalue weighted by Gasteiger charge is 2.24. The summed E-state index contributed by atoms with van der Waals surface area (Å²) in [7, 11) is 1.85. The van der Waals surface area contributed by atoms with E-state index in [9.17, 15) is 0 Å². The van der Waals surface area contributed by atoms with Gasteiger partial charge in [0.2, 0.25) is 0 Å². The minimum Gasteiger partial charge on any atom is -0.370 e. The van der Waals surface area contributed by atoms with Crippen LogP contribution in [0.5, 0.6) is 0 Å². The van der Waals surface area contributed by atoms with Gasteiger partial charge in [0.05, 0.1) is 13.2 Å². The molecule has 0 aliphatic carbocycles. The largest absolute Gasteiger partial charge is 0.370 e. The van der Waals surface area contributed by atoms with Crippen LogP contribution in [0.3, 0.4) is 0 Å². The second kappa shape index (κ2) is 10.6. The predicted octanol–water partition coefficient (Wildman–Crippen LogP) is 3.51. The van der Waals surface area contributed by atoms with Gasteiger partial charge in [0.25, 0.3) is 0 Å². The molecule has 1 aromatic carbocycles. The van der Waals surface area contributed by atoms with Crippen LogP contribution in [0.1, 0.15) is 28.4 Å². The van der Waals surface area contributed by atoms with E-state index in [4.69, 9.17) is 4.74 Å². The van der Waals surface area contributed by atoms with Gasteiger partial charge in [-0.15, -0.1) is 24.0 Å². The fourth-order valence-electron chi connectivity index (χ4n) is 3.40. The van der Waals surface area contributed by atoms with E-state index in [1.165, 1.54) is 22.3 Å². The Bertz CT molecular complexity index is 765. The van der Waals surface area contributed by atoms with Crippen molar-refractivity contribution in [1.82, 2.24) is 15.2 Å². The van der Waals surface area contributed by atoms with Crippen molar-refractivity contribution in [3.8, 4) is 0 Å². The van der Waals surface area contributed by atoms with E-state index in [-0.39, 0.29) is 30.1 Å². The van der Waals surface area contributed by atoms with E-state index in [0.29, 0.717) is 6.61 Å². The number of guanidine groups is 1. The highest BCUT2D eigenvalue weighted by molar-refractivity contribution is 14.0. The molecule has 0 radical (unpaired) electrons. The van der Waals surface area contributed by atoms with Crippen molar-refractivity contribution in [1.29, 1.82) is 0 Å². The summed E-state index contributed by atoms with van der Waals surface area (Å²) in [6.45, 7) is 7.48. The van der Waals surface area contributed by atoms with Gasteiger partial charge in [0, 0.05) is 32.5 Å². The van der Waals surface area contributed by atoms with Gasteiger partial charge in [-0.2, -0.15) is 0 Å². The number of aryl methyl sites for hydroxylation is 2. The number of benzene rings is 1. The van der Waals surface area contributed by atoms with Crippen molar-refractivity contribution >= 4 is 29.9 Å². The van der Waals surface area contributed by atoms with Crippen LogP contribution in [-0.2, 0) is 11.2 Å². The summed E-state index contributed by atoms with van der Waals surface area (Å²) in [5.41, 5.74) is 5.09. The summed E-state index contributed by atoms with van der Waals surface area (Å²) in [4.78, 5) is 10.9. The fourth-order valence-corrected chi connectivity index (χ4v) is 3.40. The molecule has 1 unspecified atom stereocenters. The van der Waals surface area contributed by atoms with Gasteiger partial charge in [-0.3, -0.25) is 9.98 Å². The molecular weight excluding hydrogens is 451 g/mol. The Hall–Kier alpha value is -1.67. The normalized spacial score (nSPS) is 17.4. The molecule has 1 atom stereocenters. The highest BCUT2D eigenvalue weighted by atomic mass is 127. The van der Waals surface area contributed by atoms with Crippen LogP contribution in [0.15, 0.2) is 47.7 Å². The van der Waals surface area contributed by atoms with Crippen molar-refractivity contribution in [3.63, 3.8) is 0 Å². The average molecular weight is 480 g/mol. The number of morpholine rings is 1. The first-order valence-electron chi connectivity index (χ1n) is 9.21. The van der Waals surface area contributed by atoms with Gasteiger partial charge >= 0.3 is 0 Å². The first-order chi connectivity index (χ1) is 12.7. The van der Waals surface area contributed by atoms with Gasteiger partial charge < -0.3 is 15.0 Å². The third kappa shape index (κ3) is 5.65. The molecular formula is C21H29IN4O. The molecule has 2 heterocycles.